The van der Waals surface area contributed by atoms with Gasteiger partial charge in [-0.1, -0.05) is 19.1 Å². The maximum absolute atomic E-state index is 13.5. The summed E-state index contributed by atoms with van der Waals surface area (Å²) in [5, 5.41) is 5.37. The second-order valence-corrected chi connectivity index (χ2v) is 6.57. The second-order valence-electron chi connectivity index (χ2n) is 5.62. The number of piperazine rings is 1. The Morgan fingerprint density at radius 2 is 2.33 bits per heavy atom. The van der Waals surface area contributed by atoms with Crippen LogP contribution in [0.25, 0.3) is 0 Å². The molecule has 0 radical (unpaired) electrons. The van der Waals surface area contributed by atoms with Gasteiger partial charge in [-0.15, -0.1) is 11.3 Å². The van der Waals surface area contributed by atoms with Crippen LogP contribution in [0.15, 0.2) is 29.6 Å². The van der Waals surface area contributed by atoms with Gasteiger partial charge >= 0.3 is 0 Å². The molecule has 0 saturated carbocycles. The molecule has 1 fully saturated rings. The van der Waals surface area contributed by atoms with Crippen LogP contribution < -0.4 is 5.32 Å². The van der Waals surface area contributed by atoms with Gasteiger partial charge in [0.25, 0.3) is 5.91 Å². The molecule has 1 aromatic heterocycles. The third-order valence-corrected chi connectivity index (χ3v) is 4.78. The molecule has 0 spiro atoms. The number of nitrogens with one attached hydrogen (secondary N) is 1. The molecule has 24 heavy (non-hydrogen) atoms. The van der Waals surface area contributed by atoms with Gasteiger partial charge < -0.3 is 10.2 Å². The molecule has 2 amide bonds. The Labute approximate surface area is 143 Å². The Hall–Kier alpha value is -2.28. The highest BCUT2D eigenvalue weighted by Crippen LogP contribution is 2.26. The number of carbonyl (C=O) groups is 2. The van der Waals surface area contributed by atoms with Gasteiger partial charge in [-0.2, -0.15) is 0 Å². The zero-order valence-electron chi connectivity index (χ0n) is 13.3. The van der Waals surface area contributed by atoms with Crippen molar-refractivity contribution in [2.45, 2.75) is 25.8 Å². The number of halogens is 1. The summed E-state index contributed by atoms with van der Waals surface area (Å²) in [5.74, 6) is -1.03. The largest absolute Gasteiger partial charge is 0.352 e. The van der Waals surface area contributed by atoms with E-state index in [9.17, 15) is 14.0 Å². The molecule has 126 valence electrons. The Morgan fingerprint density at radius 1 is 1.50 bits per heavy atom. The predicted molar refractivity (Wildman–Crippen MR) is 89.3 cm³/mol. The quantitative estimate of drug-likeness (QED) is 0.924. The number of nitrogens with zero attached hydrogens (tertiary/aromatic N) is 2. The van der Waals surface area contributed by atoms with Crippen molar-refractivity contribution in [1.29, 1.82) is 0 Å². The fourth-order valence-corrected chi connectivity index (χ4v) is 3.65. The number of hydrogen-bond acceptors (Lipinski definition) is 4. The summed E-state index contributed by atoms with van der Waals surface area (Å²) in [4.78, 5) is 31.0. The minimum atomic E-state index is -0.835. The summed E-state index contributed by atoms with van der Waals surface area (Å²) < 4.78 is 13.5. The van der Waals surface area contributed by atoms with Crippen LogP contribution in [-0.4, -0.2) is 34.8 Å². The third-order valence-electron chi connectivity index (χ3n) is 3.87. The first-order valence-corrected chi connectivity index (χ1v) is 8.76. The first-order chi connectivity index (χ1) is 11.6. The monoisotopic (exact) mass is 347 g/mol. The van der Waals surface area contributed by atoms with Crippen LogP contribution in [-0.2, 0) is 11.2 Å². The minimum absolute atomic E-state index is 0.294. The lowest BCUT2D eigenvalue weighted by Crippen LogP contribution is -2.52. The van der Waals surface area contributed by atoms with Crippen LogP contribution in [0.5, 0.6) is 0 Å². The Bertz CT molecular complexity index is 762. The molecule has 0 unspecified atom stereocenters. The number of benzene rings is 1. The molecule has 3 rings (SSSR count). The van der Waals surface area contributed by atoms with Crippen LogP contribution in [0.4, 0.5) is 4.39 Å². The number of rotatable bonds is 4. The van der Waals surface area contributed by atoms with Gasteiger partial charge in [-0.25, -0.2) is 9.37 Å². The van der Waals surface area contributed by atoms with E-state index < -0.39 is 11.9 Å². The molecule has 0 bridgehead atoms. The number of aromatic nitrogens is 1. The van der Waals surface area contributed by atoms with E-state index in [-0.39, 0.29) is 11.8 Å². The van der Waals surface area contributed by atoms with Crippen LogP contribution in [0, 0.1) is 5.82 Å². The van der Waals surface area contributed by atoms with Gasteiger partial charge in [0.05, 0.1) is 5.01 Å². The average molecular weight is 347 g/mol. The Morgan fingerprint density at radius 3 is 3.08 bits per heavy atom. The molecule has 1 saturated heterocycles. The van der Waals surface area contributed by atoms with Crippen molar-refractivity contribution in [3.63, 3.8) is 0 Å². The first kappa shape index (κ1) is 16.6. The van der Waals surface area contributed by atoms with E-state index in [1.54, 1.807) is 11.4 Å². The van der Waals surface area contributed by atoms with Crippen molar-refractivity contribution in [3.8, 4) is 0 Å². The highest BCUT2D eigenvalue weighted by atomic mass is 32.1. The van der Waals surface area contributed by atoms with Gasteiger partial charge in [0.15, 0.2) is 0 Å². The summed E-state index contributed by atoms with van der Waals surface area (Å²) in [5.41, 5.74) is 0.809. The molecule has 2 heterocycles. The van der Waals surface area contributed by atoms with Gasteiger partial charge in [-0.3, -0.25) is 9.59 Å². The van der Waals surface area contributed by atoms with Gasteiger partial charge in [0.2, 0.25) is 5.91 Å². The average Bonchev–Trinajstić information content (AvgIpc) is 3.03. The summed E-state index contributed by atoms with van der Waals surface area (Å²) in [7, 11) is 0. The number of amides is 2. The fraction of sp³-hybridized carbons (Fsp3) is 0.353. The zero-order chi connectivity index (χ0) is 17.1. The molecular weight excluding hydrogens is 329 g/mol. The highest BCUT2D eigenvalue weighted by molar-refractivity contribution is 7.09. The van der Waals surface area contributed by atoms with Crippen LogP contribution in [0.2, 0.25) is 0 Å². The van der Waals surface area contributed by atoms with Gasteiger partial charge in [0.1, 0.15) is 17.6 Å². The van der Waals surface area contributed by atoms with E-state index in [0.717, 1.165) is 17.8 Å². The number of thiazole rings is 1. The lowest BCUT2D eigenvalue weighted by molar-refractivity contribution is -0.128. The standard InChI is InChI=1S/C17H18FN3O2S/c1-2-4-14-20-13(10-24-14)17(23)21-8-7-19-16(22)15(21)11-5-3-6-12(18)9-11/h3,5-6,9-10,15H,2,4,7-8H2,1H3,(H,19,22)/t15-/m1/s1. The normalized spacial score (nSPS) is 17.7. The van der Waals surface area contributed by atoms with Crippen molar-refractivity contribution in [2.24, 2.45) is 0 Å². The molecule has 1 N–H and O–H groups in total. The zero-order valence-corrected chi connectivity index (χ0v) is 14.1. The third kappa shape index (κ3) is 3.31. The Balaban J connectivity index is 1.90. The summed E-state index contributed by atoms with van der Waals surface area (Å²) in [6.45, 7) is 2.80. The minimum Gasteiger partial charge on any atom is -0.352 e. The maximum Gasteiger partial charge on any atom is 0.274 e. The predicted octanol–water partition coefficient (Wildman–Crippen LogP) is 2.55. The topological polar surface area (TPSA) is 62.3 Å². The SMILES string of the molecule is CCCc1nc(C(=O)N2CCNC(=O)[C@H]2c2cccc(F)c2)cs1. The maximum atomic E-state index is 13.5. The van der Waals surface area contributed by atoms with Crippen LogP contribution >= 0.6 is 11.3 Å². The van der Waals surface area contributed by atoms with Gasteiger partial charge in [-0.05, 0) is 30.5 Å². The molecule has 1 atom stereocenters. The summed E-state index contributed by atoms with van der Waals surface area (Å²) >= 11 is 1.45. The molecule has 0 aliphatic carbocycles. The van der Waals surface area contributed by atoms with Crippen molar-refractivity contribution in [2.75, 3.05) is 13.1 Å². The van der Waals surface area contributed by atoms with E-state index in [0.29, 0.717) is 24.3 Å². The fourth-order valence-electron chi connectivity index (χ4n) is 2.78. The molecular formula is C17H18FN3O2S. The van der Waals surface area contributed by atoms with Crippen molar-refractivity contribution < 1.29 is 14.0 Å². The molecule has 5 nitrogen and oxygen atoms in total. The van der Waals surface area contributed by atoms with E-state index in [4.69, 9.17) is 0 Å². The molecule has 2 aromatic rings. The molecule has 1 aliphatic heterocycles. The number of aryl methyl sites for hydroxylation is 1. The van der Waals surface area contributed by atoms with Crippen molar-refractivity contribution >= 4 is 23.2 Å². The highest BCUT2D eigenvalue weighted by Gasteiger charge is 2.35. The second kappa shape index (κ2) is 7.09. The lowest BCUT2D eigenvalue weighted by atomic mass is 10.0. The van der Waals surface area contributed by atoms with Crippen molar-refractivity contribution in [1.82, 2.24) is 15.2 Å². The molecule has 7 heteroatoms. The Kier molecular flexibility index (Phi) is 4.89. The van der Waals surface area contributed by atoms with Gasteiger partial charge in [0, 0.05) is 18.5 Å². The number of hydrogen-bond donors (Lipinski definition) is 1. The van der Waals surface area contributed by atoms with E-state index in [1.165, 1.54) is 34.4 Å². The molecule has 1 aliphatic rings. The lowest BCUT2D eigenvalue weighted by Gasteiger charge is -2.34. The van der Waals surface area contributed by atoms with Crippen molar-refractivity contribution in [3.05, 3.63) is 51.7 Å². The van der Waals surface area contributed by atoms with E-state index >= 15 is 0 Å². The van der Waals surface area contributed by atoms with E-state index in [1.807, 2.05) is 0 Å². The van der Waals surface area contributed by atoms with Crippen LogP contribution in [0.3, 0.4) is 0 Å². The number of carbonyl (C=O) groups excluding carboxylic acids is 2. The molecule has 1 aromatic carbocycles. The van der Waals surface area contributed by atoms with Crippen LogP contribution in [0.1, 0.15) is 40.4 Å². The van der Waals surface area contributed by atoms with E-state index in [2.05, 4.69) is 17.2 Å². The summed E-state index contributed by atoms with van der Waals surface area (Å²) in [6.07, 6.45) is 1.78. The smallest absolute Gasteiger partial charge is 0.274 e. The summed E-state index contributed by atoms with van der Waals surface area (Å²) in [6, 6.07) is 4.96. The first-order valence-electron chi connectivity index (χ1n) is 7.88.